The Balaban J connectivity index is 1.75. The summed E-state index contributed by atoms with van der Waals surface area (Å²) < 4.78 is 14.1. The van der Waals surface area contributed by atoms with E-state index in [-0.39, 0.29) is 11.4 Å². The van der Waals surface area contributed by atoms with Gasteiger partial charge >= 0.3 is 0 Å². The molecule has 1 heterocycles. The third-order valence-corrected chi connectivity index (χ3v) is 5.38. The van der Waals surface area contributed by atoms with E-state index in [0.717, 1.165) is 35.6 Å². The van der Waals surface area contributed by atoms with E-state index in [1.165, 1.54) is 12.8 Å². The fourth-order valence-electron chi connectivity index (χ4n) is 2.99. The molecule has 3 rings (SSSR count). The Bertz CT molecular complexity index is 499. The summed E-state index contributed by atoms with van der Waals surface area (Å²) in [5.41, 5.74) is 1.30. The van der Waals surface area contributed by atoms with Gasteiger partial charge in [-0.3, -0.25) is 4.90 Å². The zero-order valence-corrected chi connectivity index (χ0v) is 13.7. The molecule has 0 bridgehead atoms. The van der Waals surface area contributed by atoms with E-state index in [2.05, 4.69) is 40.0 Å². The van der Waals surface area contributed by atoms with E-state index in [1.54, 1.807) is 12.1 Å². The lowest BCUT2D eigenvalue weighted by atomic mass is 9.95. The second kappa shape index (κ2) is 5.39. The number of piperazine rings is 1. The van der Waals surface area contributed by atoms with Gasteiger partial charge in [-0.05, 0) is 50.3 Å². The molecule has 1 atom stereocenters. The Morgan fingerprint density at radius 2 is 2.15 bits per heavy atom. The quantitative estimate of drug-likeness (QED) is 0.905. The Labute approximate surface area is 128 Å². The average Bonchev–Trinajstić information content (AvgIpc) is 3.19. The number of rotatable bonds is 3. The summed E-state index contributed by atoms with van der Waals surface area (Å²) in [5, 5.41) is 3.70. The number of nitrogens with zero attached hydrogens (tertiary/aromatic N) is 1. The van der Waals surface area contributed by atoms with Gasteiger partial charge in [-0.25, -0.2) is 4.39 Å². The van der Waals surface area contributed by atoms with Crippen molar-refractivity contribution in [1.29, 1.82) is 0 Å². The lowest BCUT2D eigenvalue weighted by molar-refractivity contribution is 0.0532. The molecule has 1 aliphatic carbocycles. The van der Waals surface area contributed by atoms with E-state index in [4.69, 9.17) is 0 Å². The summed E-state index contributed by atoms with van der Waals surface area (Å²) in [7, 11) is 0. The van der Waals surface area contributed by atoms with Crippen LogP contribution < -0.4 is 5.32 Å². The van der Waals surface area contributed by atoms with Crippen LogP contribution in [0.3, 0.4) is 0 Å². The first-order valence-electron chi connectivity index (χ1n) is 7.38. The predicted molar refractivity (Wildman–Crippen MR) is 83.1 cm³/mol. The van der Waals surface area contributed by atoms with Gasteiger partial charge in [0.1, 0.15) is 5.82 Å². The summed E-state index contributed by atoms with van der Waals surface area (Å²) in [5.74, 6) is 0.682. The number of hydrogen-bond acceptors (Lipinski definition) is 2. The molecule has 1 aliphatic heterocycles. The van der Waals surface area contributed by atoms with E-state index < -0.39 is 0 Å². The van der Waals surface area contributed by atoms with E-state index in [9.17, 15) is 4.39 Å². The van der Waals surface area contributed by atoms with Crippen molar-refractivity contribution < 1.29 is 4.39 Å². The topological polar surface area (TPSA) is 15.3 Å². The maximum absolute atomic E-state index is 13.2. The molecule has 1 aromatic rings. The number of nitrogens with one attached hydrogen (secondary N) is 1. The maximum Gasteiger partial charge on any atom is 0.124 e. The SMILES string of the molecule is CC1(C)CNC(C2CC2)CN1Cc1ccc(F)cc1Br. The van der Waals surface area contributed by atoms with Crippen molar-refractivity contribution in [3.63, 3.8) is 0 Å². The molecule has 0 radical (unpaired) electrons. The van der Waals surface area contributed by atoms with Crippen molar-refractivity contribution in [2.75, 3.05) is 13.1 Å². The van der Waals surface area contributed by atoms with Crippen molar-refractivity contribution in [3.05, 3.63) is 34.1 Å². The summed E-state index contributed by atoms with van der Waals surface area (Å²) in [6, 6.07) is 5.63. The molecule has 2 fully saturated rings. The van der Waals surface area contributed by atoms with Crippen LogP contribution in [0.25, 0.3) is 0 Å². The van der Waals surface area contributed by atoms with Crippen LogP contribution in [0.2, 0.25) is 0 Å². The normalized spacial score (nSPS) is 26.7. The van der Waals surface area contributed by atoms with Gasteiger partial charge in [0.15, 0.2) is 0 Å². The van der Waals surface area contributed by atoms with Gasteiger partial charge in [0.05, 0.1) is 0 Å². The number of benzene rings is 1. The lowest BCUT2D eigenvalue weighted by Crippen LogP contribution is -2.62. The van der Waals surface area contributed by atoms with Gasteiger partial charge in [-0.15, -0.1) is 0 Å². The fourth-order valence-corrected chi connectivity index (χ4v) is 3.47. The average molecular weight is 341 g/mol. The largest absolute Gasteiger partial charge is 0.311 e. The Morgan fingerprint density at radius 1 is 1.40 bits per heavy atom. The minimum Gasteiger partial charge on any atom is -0.311 e. The van der Waals surface area contributed by atoms with E-state index >= 15 is 0 Å². The molecular weight excluding hydrogens is 319 g/mol. The van der Waals surface area contributed by atoms with Crippen molar-refractivity contribution >= 4 is 15.9 Å². The van der Waals surface area contributed by atoms with Crippen molar-refractivity contribution in [1.82, 2.24) is 10.2 Å². The minimum absolute atomic E-state index is 0.138. The number of hydrogen-bond donors (Lipinski definition) is 1. The van der Waals surface area contributed by atoms with Crippen molar-refractivity contribution in [2.45, 2.75) is 44.8 Å². The molecule has 1 unspecified atom stereocenters. The van der Waals surface area contributed by atoms with Crippen LogP contribution in [0, 0.1) is 11.7 Å². The molecule has 20 heavy (non-hydrogen) atoms. The Morgan fingerprint density at radius 3 is 2.80 bits per heavy atom. The second-order valence-corrected chi connectivity index (χ2v) is 7.61. The third-order valence-electron chi connectivity index (χ3n) is 4.64. The summed E-state index contributed by atoms with van der Waals surface area (Å²) in [4.78, 5) is 2.53. The first kappa shape index (κ1) is 14.5. The van der Waals surface area contributed by atoms with Crippen molar-refractivity contribution in [2.24, 2.45) is 5.92 Å². The molecule has 1 saturated heterocycles. The molecule has 0 amide bonds. The first-order chi connectivity index (χ1) is 9.45. The van der Waals surface area contributed by atoms with Gasteiger partial charge in [0.2, 0.25) is 0 Å². The Kier molecular flexibility index (Phi) is 3.91. The molecule has 0 aromatic heterocycles. The molecule has 2 nitrogen and oxygen atoms in total. The van der Waals surface area contributed by atoms with Crippen LogP contribution in [0.1, 0.15) is 32.3 Å². The van der Waals surface area contributed by atoms with Crippen LogP contribution in [-0.2, 0) is 6.54 Å². The smallest absolute Gasteiger partial charge is 0.124 e. The molecule has 1 aromatic carbocycles. The highest BCUT2D eigenvalue weighted by molar-refractivity contribution is 9.10. The molecule has 2 aliphatic rings. The van der Waals surface area contributed by atoms with E-state index in [0.29, 0.717) is 6.04 Å². The van der Waals surface area contributed by atoms with Crippen LogP contribution >= 0.6 is 15.9 Å². The predicted octanol–water partition coefficient (Wildman–Crippen LogP) is 3.55. The molecule has 4 heteroatoms. The lowest BCUT2D eigenvalue weighted by Gasteiger charge is -2.46. The molecule has 0 spiro atoms. The maximum atomic E-state index is 13.2. The van der Waals surface area contributed by atoms with Gasteiger partial charge in [-0.2, -0.15) is 0 Å². The standard InChI is InChI=1S/C16H22BrFN2/c1-16(2)10-19-15(11-3-4-11)9-20(16)8-12-5-6-13(18)7-14(12)17/h5-7,11,15,19H,3-4,8-10H2,1-2H3. The van der Waals surface area contributed by atoms with Crippen LogP contribution in [0.5, 0.6) is 0 Å². The molecule has 110 valence electrons. The Hall–Kier alpha value is -0.450. The summed E-state index contributed by atoms with van der Waals surface area (Å²) >= 11 is 3.49. The highest BCUT2D eigenvalue weighted by Gasteiger charge is 2.40. The number of halogens is 2. The first-order valence-corrected chi connectivity index (χ1v) is 8.17. The third kappa shape index (κ3) is 3.07. The second-order valence-electron chi connectivity index (χ2n) is 6.75. The van der Waals surface area contributed by atoms with E-state index in [1.807, 2.05) is 6.07 Å². The van der Waals surface area contributed by atoms with Crippen molar-refractivity contribution in [3.8, 4) is 0 Å². The monoisotopic (exact) mass is 340 g/mol. The minimum atomic E-state index is -0.184. The molecular formula is C16H22BrFN2. The van der Waals surface area contributed by atoms with Gasteiger partial charge in [-0.1, -0.05) is 22.0 Å². The summed E-state index contributed by atoms with van der Waals surface area (Å²) in [6.07, 6.45) is 2.73. The highest BCUT2D eigenvalue weighted by Crippen LogP contribution is 2.36. The molecule has 1 saturated carbocycles. The van der Waals surface area contributed by atoms with Gasteiger partial charge in [0, 0.05) is 35.7 Å². The summed E-state index contributed by atoms with van der Waals surface area (Å²) in [6.45, 7) is 7.54. The zero-order chi connectivity index (χ0) is 14.3. The van der Waals surface area contributed by atoms with Gasteiger partial charge in [0.25, 0.3) is 0 Å². The van der Waals surface area contributed by atoms with Crippen LogP contribution in [0.4, 0.5) is 4.39 Å². The zero-order valence-electron chi connectivity index (χ0n) is 12.1. The molecule has 1 N–H and O–H groups in total. The fraction of sp³-hybridized carbons (Fsp3) is 0.625. The van der Waals surface area contributed by atoms with Crippen LogP contribution in [-0.4, -0.2) is 29.6 Å². The highest BCUT2D eigenvalue weighted by atomic mass is 79.9. The van der Waals surface area contributed by atoms with Gasteiger partial charge < -0.3 is 5.32 Å². The van der Waals surface area contributed by atoms with Crippen LogP contribution in [0.15, 0.2) is 22.7 Å².